The zero-order valence-corrected chi connectivity index (χ0v) is 13.8. The van der Waals surface area contributed by atoms with Crippen LogP contribution in [0.2, 0.25) is 0 Å². The van der Waals surface area contributed by atoms with Crippen LogP contribution < -0.4 is 10.1 Å². The summed E-state index contributed by atoms with van der Waals surface area (Å²) < 4.78 is 5.45. The van der Waals surface area contributed by atoms with Gasteiger partial charge in [-0.2, -0.15) is 0 Å². The van der Waals surface area contributed by atoms with E-state index in [9.17, 15) is 9.59 Å². The molecule has 0 aliphatic heterocycles. The Kier molecular flexibility index (Phi) is 6.83. The van der Waals surface area contributed by atoms with E-state index in [1.54, 1.807) is 11.9 Å². The molecule has 2 aromatic carbocycles. The number of rotatable bonds is 8. The molecular formula is C19H22N2O3. The number of benzene rings is 2. The average Bonchev–Trinajstić information content (AvgIpc) is 2.61. The Hall–Kier alpha value is -2.82. The average molecular weight is 326 g/mol. The van der Waals surface area contributed by atoms with Crippen LogP contribution in [0.15, 0.2) is 60.7 Å². The van der Waals surface area contributed by atoms with E-state index in [1.165, 1.54) is 0 Å². The minimum atomic E-state index is -0.201. The van der Waals surface area contributed by atoms with Gasteiger partial charge >= 0.3 is 0 Å². The smallest absolute Gasteiger partial charge is 0.242 e. The van der Waals surface area contributed by atoms with E-state index in [-0.39, 0.29) is 31.4 Å². The van der Waals surface area contributed by atoms with Crippen molar-refractivity contribution in [2.24, 2.45) is 0 Å². The summed E-state index contributed by atoms with van der Waals surface area (Å²) in [7, 11) is 1.72. The van der Waals surface area contributed by atoms with Gasteiger partial charge in [-0.3, -0.25) is 9.59 Å². The van der Waals surface area contributed by atoms with Gasteiger partial charge in [0.15, 0.2) is 0 Å². The molecule has 0 heterocycles. The number of hydrogen-bond donors (Lipinski definition) is 1. The monoisotopic (exact) mass is 326 g/mol. The third kappa shape index (κ3) is 6.12. The molecule has 24 heavy (non-hydrogen) atoms. The molecule has 1 N–H and O–H groups in total. The Labute approximate surface area is 142 Å². The van der Waals surface area contributed by atoms with Gasteiger partial charge in [-0.25, -0.2) is 0 Å². The van der Waals surface area contributed by atoms with Crippen molar-refractivity contribution in [3.8, 4) is 5.75 Å². The largest absolute Gasteiger partial charge is 0.493 e. The number of para-hydroxylation sites is 1. The molecule has 0 radical (unpaired) electrons. The highest BCUT2D eigenvalue weighted by molar-refractivity contribution is 5.84. The van der Waals surface area contributed by atoms with E-state index >= 15 is 0 Å². The summed E-state index contributed by atoms with van der Waals surface area (Å²) in [6.07, 6.45) is 0.213. The van der Waals surface area contributed by atoms with Gasteiger partial charge in [-0.05, 0) is 17.7 Å². The SMILES string of the molecule is CN(Cc1ccccc1)C(=O)CNC(=O)CCOc1ccccc1. The maximum absolute atomic E-state index is 12.0. The Morgan fingerprint density at radius 3 is 2.29 bits per heavy atom. The topological polar surface area (TPSA) is 58.6 Å². The first-order valence-electron chi connectivity index (χ1n) is 7.87. The molecule has 0 atom stereocenters. The lowest BCUT2D eigenvalue weighted by molar-refractivity contribution is -0.132. The van der Waals surface area contributed by atoms with Crippen LogP contribution in [-0.4, -0.2) is 36.9 Å². The minimum absolute atomic E-state index is 0.00644. The molecule has 0 aliphatic carbocycles. The highest BCUT2D eigenvalue weighted by Gasteiger charge is 2.11. The van der Waals surface area contributed by atoms with Crippen LogP contribution in [-0.2, 0) is 16.1 Å². The third-order valence-electron chi connectivity index (χ3n) is 3.47. The third-order valence-corrected chi connectivity index (χ3v) is 3.47. The second-order valence-corrected chi connectivity index (χ2v) is 5.42. The van der Waals surface area contributed by atoms with Crippen molar-refractivity contribution in [2.45, 2.75) is 13.0 Å². The van der Waals surface area contributed by atoms with Crippen LogP contribution in [0, 0.1) is 0 Å². The quantitative estimate of drug-likeness (QED) is 0.809. The Morgan fingerprint density at radius 1 is 1.00 bits per heavy atom. The maximum Gasteiger partial charge on any atom is 0.242 e. The van der Waals surface area contributed by atoms with Gasteiger partial charge in [0, 0.05) is 13.6 Å². The number of ether oxygens (including phenoxy) is 1. The fourth-order valence-corrected chi connectivity index (χ4v) is 2.12. The number of nitrogens with one attached hydrogen (secondary N) is 1. The summed E-state index contributed by atoms with van der Waals surface area (Å²) in [6.45, 7) is 0.796. The van der Waals surface area contributed by atoms with E-state index in [0.717, 1.165) is 11.3 Å². The first kappa shape index (κ1) is 17.5. The zero-order chi connectivity index (χ0) is 17.2. The zero-order valence-electron chi connectivity index (χ0n) is 13.8. The van der Waals surface area contributed by atoms with Crippen LogP contribution in [0.1, 0.15) is 12.0 Å². The molecule has 0 aromatic heterocycles. The van der Waals surface area contributed by atoms with Crippen molar-refractivity contribution in [1.82, 2.24) is 10.2 Å². The summed E-state index contributed by atoms with van der Waals surface area (Å²) >= 11 is 0. The second-order valence-electron chi connectivity index (χ2n) is 5.42. The lowest BCUT2D eigenvalue weighted by Crippen LogP contribution is -2.38. The summed E-state index contributed by atoms with van der Waals surface area (Å²) in [6, 6.07) is 19.0. The molecule has 0 fully saturated rings. The molecule has 126 valence electrons. The standard InChI is InChI=1S/C19H22N2O3/c1-21(15-16-8-4-2-5-9-16)19(23)14-20-18(22)12-13-24-17-10-6-3-7-11-17/h2-11H,12-15H2,1H3,(H,20,22). The van der Waals surface area contributed by atoms with Gasteiger partial charge < -0.3 is 15.0 Å². The van der Waals surface area contributed by atoms with Crippen molar-refractivity contribution in [2.75, 3.05) is 20.2 Å². The molecule has 0 bridgehead atoms. The van der Waals surface area contributed by atoms with E-state index < -0.39 is 0 Å². The molecule has 5 heteroatoms. The maximum atomic E-state index is 12.0. The summed E-state index contributed by atoms with van der Waals surface area (Å²) in [5, 5.41) is 2.63. The van der Waals surface area contributed by atoms with Gasteiger partial charge in [-0.15, -0.1) is 0 Å². The van der Waals surface area contributed by atoms with E-state index in [0.29, 0.717) is 6.54 Å². The molecule has 2 amide bonds. The highest BCUT2D eigenvalue weighted by Crippen LogP contribution is 2.08. The molecule has 0 saturated heterocycles. The van der Waals surface area contributed by atoms with Gasteiger partial charge in [-0.1, -0.05) is 48.5 Å². The van der Waals surface area contributed by atoms with Crippen LogP contribution in [0.5, 0.6) is 5.75 Å². The molecular weight excluding hydrogens is 304 g/mol. The molecule has 2 rings (SSSR count). The van der Waals surface area contributed by atoms with Crippen molar-refractivity contribution >= 4 is 11.8 Å². The fraction of sp³-hybridized carbons (Fsp3) is 0.263. The van der Waals surface area contributed by atoms with Crippen LogP contribution in [0.25, 0.3) is 0 Å². The Morgan fingerprint density at radius 2 is 1.62 bits per heavy atom. The summed E-state index contributed by atoms with van der Waals surface area (Å²) in [5.74, 6) is 0.396. The minimum Gasteiger partial charge on any atom is -0.493 e. The second kappa shape index (κ2) is 9.35. The number of nitrogens with zero attached hydrogens (tertiary/aromatic N) is 1. The van der Waals surface area contributed by atoms with Gasteiger partial charge in [0.1, 0.15) is 5.75 Å². The van der Waals surface area contributed by atoms with Crippen molar-refractivity contribution in [1.29, 1.82) is 0 Å². The summed E-state index contributed by atoms with van der Waals surface area (Å²) in [4.78, 5) is 25.4. The lowest BCUT2D eigenvalue weighted by Gasteiger charge is -2.17. The number of likely N-dealkylation sites (N-methyl/N-ethyl adjacent to an activating group) is 1. The number of amides is 2. The lowest BCUT2D eigenvalue weighted by atomic mass is 10.2. The predicted octanol–water partition coefficient (Wildman–Crippen LogP) is 2.23. The molecule has 0 aliphatic rings. The highest BCUT2D eigenvalue weighted by atomic mass is 16.5. The van der Waals surface area contributed by atoms with Crippen molar-refractivity contribution < 1.29 is 14.3 Å². The van der Waals surface area contributed by atoms with E-state index in [1.807, 2.05) is 60.7 Å². The Balaban J connectivity index is 1.64. The van der Waals surface area contributed by atoms with Crippen molar-refractivity contribution in [3.63, 3.8) is 0 Å². The first-order valence-corrected chi connectivity index (χ1v) is 7.87. The molecule has 0 unspecified atom stereocenters. The van der Waals surface area contributed by atoms with Crippen molar-refractivity contribution in [3.05, 3.63) is 66.2 Å². The van der Waals surface area contributed by atoms with Crippen LogP contribution in [0.3, 0.4) is 0 Å². The Bertz CT molecular complexity index is 644. The normalized spacial score (nSPS) is 10.0. The fourth-order valence-electron chi connectivity index (χ4n) is 2.12. The molecule has 0 spiro atoms. The molecule has 2 aromatic rings. The summed E-state index contributed by atoms with van der Waals surface area (Å²) in [5.41, 5.74) is 1.05. The number of carbonyl (C=O) groups is 2. The van der Waals surface area contributed by atoms with E-state index in [2.05, 4.69) is 5.32 Å². The number of carbonyl (C=O) groups excluding carboxylic acids is 2. The molecule has 0 saturated carbocycles. The van der Waals surface area contributed by atoms with Gasteiger partial charge in [0.25, 0.3) is 0 Å². The van der Waals surface area contributed by atoms with Crippen LogP contribution in [0.4, 0.5) is 0 Å². The number of hydrogen-bond acceptors (Lipinski definition) is 3. The van der Waals surface area contributed by atoms with Gasteiger partial charge in [0.05, 0.1) is 19.6 Å². The van der Waals surface area contributed by atoms with Crippen LogP contribution >= 0.6 is 0 Å². The van der Waals surface area contributed by atoms with E-state index in [4.69, 9.17) is 4.74 Å². The predicted molar refractivity (Wildman–Crippen MR) is 92.5 cm³/mol. The first-order chi connectivity index (χ1) is 11.6. The molecule has 5 nitrogen and oxygen atoms in total. The van der Waals surface area contributed by atoms with Gasteiger partial charge in [0.2, 0.25) is 11.8 Å².